The van der Waals surface area contributed by atoms with Crippen molar-refractivity contribution in [3.8, 4) is 5.75 Å². The summed E-state index contributed by atoms with van der Waals surface area (Å²) in [6.45, 7) is 0. The third-order valence-electron chi connectivity index (χ3n) is 1.91. The molecule has 0 aromatic heterocycles. The molecule has 0 saturated carbocycles. The SMILES string of the molecule is O=C(/C=C1\Nc2ccccc2O1)C(F)(F)F. The zero-order valence-electron chi connectivity index (χ0n) is 7.84. The van der Waals surface area contributed by atoms with E-state index < -0.39 is 12.0 Å². The number of benzene rings is 1. The number of carbonyl (C=O) groups is 1. The normalized spacial score (nSPS) is 16.6. The molecule has 1 aromatic rings. The van der Waals surface area contributed by atoms with Crippen LogP contribution in [-0.2, 0) is 4.79 Å². The highest BCUT2D eigenvalue weighted by atomic mass is 19.4. The molecule has 16 heavy (non-hydrogen) atoms. The molecule has 1 aliphatic rings. The van der Waals surface area contributed by atoms with Crippen LogP contribution >= 0.6 is 0 Å². The van der Waals surface area contributed by atoms with Crippen molar-refractivity contribution in [3.05, 3.63) is 36.2 Å². The number of halogens is 3. The fourth-order valence-corrected chi connectivity index (χ4v) is 1.20. The Morgan fingerprint density at radius 3 is 2.62 bits per heavy atom. The van der Waals surface area contributed by atoms with Gasteiger partial charge in [0.15, 0.2) is 5.75 Å². The molecule has 3 nitrogen and oxygen atoms in total. The van der Waals surface area contributed by atoms with Gasteiger partial charge in [0.2, 0.25) is 5.88 Å². The van der Waals surface area contributed by atoms with Gasteiger partial charge in [-0.1, -0.05) is 12.1 Å². The highest BCUT2D eigenvalue weighted by Gasteiger charge is 2.37. The van der Waals surface area contributed by atoms with E-state index in [1.54, 1.807) is 24.3 Å². The Bertz CT molecular complexity index is 438. The number of ketones is 1. The summed E-state index contributed by atoms with van der Waals surface area (Å²) < 4.78 is 40.9. The molecular formula is C10H6F3NO2. The highest BCUT2D eigenvalue weighted by Crippen LogP contribution is 2.33. The van der Waals surface area contributed by atoms with Crippen LogP contribution in [0.1, 0.15) is 0 Å². The van der Waals surface area contributed by atoms with E-state index in [4.69, 9.17) is 4.74 Å². The predicted molar refractivity (Wildman–Crippen MR) is 49.8 cm³/mol. The second kappa shape index (κ2) is 3.55. The van der Waals surface area contributed by atoms with Crippen molar-refractivity contribution >= 4 is 11.5 Å². The maximum atomic E-state index is 12.0. The zero-order chi connectivity index (χ0) is 11.8. The van der Waals surface area contributed by atoms with Gasteiger partial charge in [-0.25, -0.2) is 0 Å². The molecule has 0 fully saturated rings. The minimum Gasteiger partial charge on any atom is -0.439 e. The van der Waals surface area contributed by atoms with Gasteiger partial charge in [-0.15, -0.1) is 0 Å². The number of alkyl halides is 3. The van der Waals surface area contributed by atoms with Crippen molar-refractivity contribution in [1.29, 1.82) is 0 Å². The van der Waals surface area contributed by atoms with Crippen LogP contribution in [0.3, 0.4) is 0 Å². The minimum atomic E-state index is -4.88. The third-order valence-corrected chi connectivity index (χ3v) is 1.91. The fourth-order valence-electron chi connectivity index (χ4n) is 1.20. The predicted octanol–water partition coefficient (Wildman–Crippen LogP) is 2.46. The number of nitrogens with one attached hydrogen (secondary N) is 1. The van der Waals surface area contributed by atoms with Gasteiger partial charge in [-0.05, 0) is 12.1 Å². The molecule has 1 heterocycles. The Morgan fingerprint density at radius 2 is 2.00 bits per heavy atom. The zero-order valence-corrected chi connectivity index (χ0v) is 7.84. The van der Waals surface area contributed by atoms with Gasteiger partial charge < -0.3 is 10.1 Å². The lowest BCUT2D eigenvalue weighted by Crippen LogP contribution is -2.21. The number of hydrogen-bond acceptors (Lipinski definition) is 3. The molecule has 0 aliphatic carbocycles. The molecule has 0 unspecified atom stereocenters. The van der Waals surface area contributed by atoms with Crippen LogP contribution in [-0.4, -0.2) is 12.0 Å². The summed E-state index contributed by atoms with van der Waals surface area (Å²) >= 11 is 0. The molecular weight excluding hydrogens is 223 g/mol. The van der Waals surface area contributed by atoms with E-state index in [0.717, 1.165) is 0 Å². The Kier molecular flexibility index (Phi) is 2.34. The van der Waals surface area contributed by atoms with Crippen LogP contribution in [0.2, 0.25) is 0 Å². The number of para-hydroxylation sites is 2. The highest BCUT2D eigenvalue weighted by molar-refractivity contribution is 5.95. The smallest absolute Gasteiger partial charge is 0.439 e. The van der Waals surface area contributed by atoms with Crippen LogP contribution in [0.4, 0.5) is 18.9 Å². The van der Waals surface area contributed by atoms with E-state index in [1.807, 2.05) is 0 Å². The summed E-state index contributed by atoms with van der Waals surface area (Å²) in [6.07, 6.45) is -4.49. The first kappa shape index (κ1) is 10.5. The standard InChI is InChI=1S/C10H6F3NO2/c11-10(12,13)8(15)5-9-14-6-3-1-2-4-7(6)16-9/h1-5,14H/b9-5+. The first-order valence-electron chi connectivity index (χ1n) is 4.33. The van der Waals surface area contributed by atoms with Gasteiger partial charge in [0.05, 0.1) is 11.8 Å². The average Bonchev–Trinajstić information content (AvgIpc) is 2.58. The largest absolute Gasteiger partial charge is 0.454 e. The molecule has 1 aromatic carbocycles. The number of ether oxygens (including phenoxy) is 1. The summed E-state index contributed by atoms with van der Waals surface area (Å²) in [6, 6.07) is 6.59. The second-order valence-corrected chi connectivity index (χ2v) is 3.09. The Hall–Kier alpha value is -1.98. The topological polar surface area (TPSA) is 38.3 Å². The minimum absolute atomic E-state index is 0.219. The Balaban J connectivity index is 2.18. The number of rotatable bonds is 1. The van der Waals surface area contributed by atoms with Crippen LogP contribution in [0, 0.1) is 0 Å². The van der Waals surface area contributed by atoms with Crippen LogP contribution in [0.5, 0.6) is 5.75 Å². The molecule has 6 heteroatoms. The summed E-state index contributed by atoms with van der Waals surface area (Å²) in [5.74, 6) is -1.78. The van der Waals surface area contributed by atoms with Crippen molar-refractivity contribution in [1.82, 2.24) is 0 Å². The molecule has 84 valence electrons. The molecule has 0 radical (unpaired) electrons. The summed E-state index contributed by atoms with van der Waals surface area (Å²) in [4.78, 5) is 10.7. The summed E-state index contributed by atoms with van der Waals surface area (Å²) in [7, 11) is 0. The van der Waals surface area contributed by atoms with Crippen molar-refractivity contribution < 1.29 is 22.7 Å². The lowest BCUT2D eigenvalue weighted by atomic mass is 10.3. The summed E-state index contributed by atoms with van der Waals surface area (Å²) in [5, 5.41) is 2.56. The van der Waals surface area contributed by atoms with Gasteiger partial charge in [0.1, 0.15) is 0 Å². The van der Waals surface area contributed by atoms with Crippen LogP contribution in [0.15, 0.2) is 36.2 Å². The quantitative estimate of drug-likeness (QED) is 0.752. The molecule has 0 bridgehead atoms. The van der Waals surface area contributed by atoms with E-state index in [0.29, 0.717) is 17.5 Å². The van der Waals surface area contributed by atoms with E-state index in [2.05, 4.69) is 5.32 Å². The Morgan fingerprint density at radius 1 is 1.31 bits per heavy atom. The molecule has 0 spiro atoms. The van der Waals surface area contributed by atoms with Crippen LogP contribution in [0.25, 0.3) is 0 Å². The molecule has 2 rings (SSSR count). The molecule has 1 N–H and O–H groups in total. The molecule has 1 aliphatic heterocycles. The van der Waals surface area contributed by atoms with Gasteiger partial charge in [-0.3, -0.25) is 4.79 Å². The van der Waals surface area contributed by atoms with Gasteiger partial charge in [-0.2, -0.15) is 13.2 Å². The average molecular weight is 229 g/mol. The Labute approximate surface area is 88.5 Å². The van der Waals surface area contributed by atoms with E-state index in [-0.39, 0.29) is 5.88 Å². The monoisotopic (exact) mass is 229 g/mol. The van der Waals surface area contributed by atoms with Crippen molar-refractivity contribution in [2.24, 2.45) is 0 Å². The third kappa shape index (κ3) is 2.00. The van der Waals surface area contributed by atoms with Gasteiger partial charge in [0, 0.05) is 0 Å². The number of anilines is 1. The molecule has 0 amide bonds. The maximum absolute atomic E-state index is 12.0. The van der Waals surface area contributed by atoms with Crippen molar-refractivity contribution in [2.75, 3.05) is 5.32 Å². The maximum Gasteiger partial charge on any atom is 0.454 e. The van der Waals surface area contributed by atoms with Crippen molar-refractivity contribution in [2.45, 2.75) is 6.18 Å². The molecule has 0 atom stereocenters. The number of hydrogen-bond donors (Lipinski definition) is 1. The molecule has 0 saturated heterocycles. The number of allylic oxidation sites excluding steroid dienone is 1. The number of carbonyl (C=O) groups excluding carboxylic acids is 1. The number of fused-ring (bicyclic) bond motifs is 1. The fraction of sp³-hybridized carbons (Fsp3) is 0.100. The lowest BCUT2D eigenvalue weighted by molar-refractivity contribution is -0.165. The van der Waals surface area contributed by atoms with Gasteiger partial charge >= 0.3 is 6.18 Å². The van der Waals surface area contributed by atoms with E-state index in [1.165, 1.54) is 0 Å². The van der Waals surface area contributed by atoms with E-state index in [9.17, 15) is 18.0 Å². The van der Waals surface area contributed by atoms with Crippen LogP contribution < -0.4 is 10.1 Å². The first-order chi connectivity index (χ1) is 7.47. The van der Waals surface area contributed by atoms with E-state index >= 15 is 0 Å². The van der Waals surface area contributed by atoms with Gasteiger partial charge in [0.25, 0.3) is 5.78 Å². The first-order valence-corrected chi connectivity index (χ1v) is 4.33. The lowest BCUT2D eigenvalue weighted by Gasteiger charge is -2.01. The summed E-state index contributed by atoms with van der Waals surface area (Å²) in [5.41, 5.74) is 0.531. The second-order valence-electron chi connectivity index (χ2n) is 3.09. The van der Waals surface area contributed by atoms with Crippen molar-refractivity contribution in [3.63, 3.8) is 0 Å².